The standard InChI is InChI=1S/C10H14N2S/c1-13(2,3)10-5-4-9(12)6-8(10)7-11/h4-6H,12H2,1-3H3. The molecule has 0 unspecified atom stereocenters. The van der Waals surface area contributed by atoms with Crippen molar-refractivity contribution in [3.8, 4) is 6.07 Å². The summed E-state index contributed by atoms with van der Waals surface area (Å²) in [6.07, 6.45) is 6.50. The molecule has 2 N–H and O–H groups in total. The number of rotatable bonds is 1. The van der Waals surface area contributed by atoms with Crippen LogP contribution >= 0.6 is 10.0 Å². The molecule has 0 spiro atoms. The number of hydrogen-bond donors (Lipinski definition) is 1. The van der Waals surface area contributed by atoms with Crippen LogP contribution in [0.1, 0.15) is 5.56 Å². The maximum atomic E-state index is 8.91. The van der Waals surface area contributed by atoms with Crippen LogP contribution in [0.3, 0.4) is 0 Å². The molecular formula is C10H14N2S. The van der Waals surface area contributed by atoms with Gasteiger partial charge in [-0.3, -0.25) is 0 Å². The van der Waals surface area contributed by atoms with Gasteiger partial charge in [-0.05, 0) is 37.0 Å². The maximum absolute atomic E-state index is 8.91. The third-order valence-electron chi connectivity index (χ3n) is 1.78. The summed E-state index contributed by atoms with van der Waals surface area (Å²) in [6.45, 7) is 0. The first-order valence-electron chi connectivity index (χ1n) is 3.93. The van der Waals surface area contributed by atoms with E-state index in [9.17, 15) is 0 Å². The number of hydrogen-bond acceptors (Lipinski definition) is 2. The zero-order valence-corrected chi connectivity index (χ0v) is 8.98. The fourth-order valence-electron chi connectivity index (χ4n) is 1.17. The lowest BCUT2D eigenvalue weighted by molar-refractivity contribution is 1.35. The van der Waals surface area contributed by atoms with Crippen LogP contribution in [-0.4, -0.2) is 18.8 Å². The monoisotopic (exact) mass is 194 g/mol. The van der Waals surface area contributed by atoms with E-state index in [1.807, 2.05) is 12.1 Å². The zero-order valence-electron chi connectivity index (χ0n) is 8.16. The summed E-state index contributed by atoms with van der Waals surface area (Å²) in [5.41, 5.74) is 6.97. The van der Waals surface area contributed by atoms with Crippen molar-refractivity contribution in [1.82, 2.24) is 0 Å². The van der Waals surface area contributed by atoms with Crippen molar-refractivity contribution >= 4 is 15.7 Å². The minimum Gasteiger partial charge on any atom is -0.399 e. The summed E-state index contributed by atoms with van der Waals surface area (Å²) in [5.74, 6) is 0. The topological polar surface area (TPSA) is 49.8 Å². The molecule has 0 fully saturated rings. The Balaban J connectivity index is 3.32. The molecule has 2 nitrogen and oxygen atoms in total. The van der Waals surface area contributed by atoms with Crippen molar-refractivity contribution in [1.29, 1.82) is 5.26 Å². The smallest absolute Gasteiger partial charge is 0.100 e. The highest BCUT2D eigenvalue weighted by atomic mass is 32.3. The SMILES string of the molecule is CS(C)(C)c1ccc(N)cc1C#N. The molecule has 0 aromatic heterocycles. The van der Waals surface area contributed by atoms with E-state index in [0.29, 0.717) is 11.3 Å². The van der Waals surface area contributed by atoms with Crippen molar-refractivity contribution in [3.05, 3.63) is 23.8 Å². The molecule has 0 heterocycles. The predicted octanol–water partition coefficient (Wildman–Crippen LogP) is 2.19. The van der Waals surface area contributed by atoms with Gasteiger partial charge in [-0.1, -0.05) is 0 Å². The highest BCUT2D eigenvalue weighted by Crippen LogP contribution is 2.47. The maximum Gasteiger partial charge on any atom is 0.100 e. The normalized spacial score (nSPS) is 12.2. The third kappa shape index (κ3) is 2.16. The van der Waals surface area contributed by atoms with Crippen molar-refractivity contribution in [3.63, 3.8) is 0 Å². The van der Waals surface area contributed by atoms with Gasteiger partial charge in [0.05, 0.1) is 5.56 Å². The number of nitriles is 1. The Morgan fingerprint density at radius 1 is 1.31 bits per heavy atom. The predicted molar refractivity (Wildman–Crippen MR) is 59.2 cm³/mol. The summed E-state index contributed by atoms with van der Waals surface area (Å²) >= 11 is 0. The molecule has 0 aliphatic carbocycles. The highest BCUT2D eigenvalue weighted by Gasteiger charge is 2.12. The fourth-order valence-corrected chi connectivity index (χ4v) is 2.41. The van der Waals surface area contributed by atoms with Crippen LogP contribution in [0.15, 0.2) is 23.1 Å². The lowest BCUT2D eigenvalue weighted by atomic mass is 10.2. The molecule has 70 valence electrons. The third-order valence-corrected chi connectivity index (χ3v) is 3.46. The van der Waals surface area contributed by atoms with Gasteiger partial charge in [0.1, 0.15) is 6.07 Å². The molecule has 1 aromatic rings. The second-order valence-electron chi connectivity index (χ2n) is 3.70. The first kappa shape index (κ1) is 9.94. The minimum atomic E-state index is -0.840. The number of benzene rings is 1. The summed E-state index contributed by atoms with van der Waals surface area (Å²) in [5, 5.41) is 8.91. The molecular weight excluding hydrogens is 180 g/mol. The summed E-state index contributed by atoms with van der Waals surface area (Å²) in [6, 6.07) is 7.74. The van der Waals surface area contributed by atoms with E-state index >= 15 is 0 Å². The fraction of sp³-hybridized carbons (Fsp3) is 0.300. The van der Waals surface area contributed by atoms with Crippen LogP contribution in [0.5, 0.6) is 0 Å². The second-order valence-corrected chi connectivity index (χ2v) is 7.82. The summed E-state index contributed by atoms with van der Waals surface area (Å²) in [7, 11) is -0.840. The molecule has 1 rings (SSSR count). The number of nitrogens with zero attached hydrogens (tertiary/aromatic N) is 1. The summed E-state index contributed by atoms with van der Waals surface area (Å²) in [4.78, 5) is 1.13. The molecule has 0 aliphatic rings. The van der Waals surface area contributed by atoms with Crippen molar-refractivity contribution in [2.24, 2.45) is 0 Å². The number of nitrogen functional groups attached to an aromatic ring is 1. The largest absolute Gasteiger partial charge is 0.399 e. The van der Waals surface area contributed by atoms with E-state index in [1.54, 1.807) is 6.07 Å². The van der Waals surface area contributed by atoms with Gasteiger partial charge in [-0.2, -0.15) is 5.26 Å². The molecule has 3 heteroatoms. The Labute approximate surface area is 80.7 Å². The van der Waals surface area contributed by atoms with Gasteiger partial charge in [-0.15, -0.1) is 0 Å². The average molecular weight is 194 g/mol. The van der Waals surface area contributed by atoms with Crippen molar-refractivity contribution in [2.45, 2.75) is 4.90 Å². The molecule has 0 saturated carbocycles. The summed E-state index contributed by atoms with van der Waals surface area (Å²) < 4.78 is 0. The van der Waals surface area contributed by atoms with Crippen molar-refractivity contribution in [2.75, 3.05) is 24.5 Å². The van der Waals surface area contributed by atoms with Crippen molar-refractivity contribution < 1.29 is 0 Å². The lowest BCUT2D eigenvalue weighted by Gasteiger charge is -2.26. The minimum absolute atomic E-state index is 0.656. The molecule has 1 aromatic carbocycles. The van der Waals surface area contributed by atoms with Gasteiger partial charge in [0.2, 0.25) is 0 Å². The quantitative estimate of drug-likeness (QED) is 0.697. The Hall–Kier alpha value is -1.14. The zero-order chi connectivity index (χ0) is 10.1. The Bertz CT molecular complexity index is 358. The van der Waals surface area contributed by atoms with E-state index in [-0.39, 0.29) is 0 Å². The Kier molecular flexibility index (Phi) is 2.53. The van der Waals surface area contributed by atoms with Gasteiger partial charge < -0.3 is 5.73 Å². The molecule has 0 saturated heterocycles. The van der Waals surface area contributed by atoms with Crippen LogP contribution in [0.2, 0.25) is 0 Å². The second kappa shape index (κ2) is 3.31. The number of nitrogens with two attached hydrogens (primary N) is 1. The molecule has 0 aliphatic heterocycles. The van der Waals surface area contributed by atoms with Crippen LogP contribution in [0.4, 0.5) is 5.69 Å². The number of anilines is 1. The van der Waals surface area contributed by atoms with Crippen LogP contribution in [0, 0.1) is 11.3 Å². The van der Waals surface area contributed by atoms with E-state index in [0.717, 1.165) is 4.90 Å². The van der Waals surface area contributed by atoms with Gasteiger partial charge in [0.25, 0.3) is 0 Å². The van der Waals surface area contributed by atoms with Crippen LogP contribution < -0.4 is 5.73 Å². The van der Waals surface area contributed by atoms with Crippen LogP contribution in [0.25, 0.3) is 0 Å². The van der Waals surface area contributed by atoms with E-state index in [4.69, 9.17) is 11.0 Å². The van der Waals surface area contributed by atoms with Gasteiger partial charge in [-0.25, -0.2) is 10.0 Å². The van der Waals surface area contributed by atoms with Crippen LogP contribution in [-0.2, 0) is 0 Å². The van der Waals surface area contributed by atoms with E-state index < -0.39 is 10.0 Å². The first-order valence-corrected chi connectivity index (χ1v) is 6.79. The Morgan fingerprint density at radius 2 is 1.92 bits per heavy atom. The molecule has 0 amide bonds. The highest BCUT2D eigenvalue weighted by molar-refractivity contribution is 8.32. The Morgan fingerprint density at radius 3 is 2.38 bits per heavy atom. The molecule has 0 bridgehead atoms. The average Bonchev–Trinajstić information content (AvgIpc) is 2.01. The molecule has 0 atom stereocenters. The van der Waals surface area contributed by atoms with E-state index in [1.165, 1.54) is 0 Å². The molecule has 13 heavy (non-hydrogen) atoms. The van der Waals surface area contributed by atoms with Gasteiger partial charge in [0, 0.05) is 10.6 Å². The van der Waals surface area contributed by atoms with Gasteiger partial charge >= 0.3 is 0 Å². The lowest BCUT2D eigenvalue weighted by Crippen LogP contribution is -1.97. The van der Waals surface area contributed by atoms with E-state index in [2.05, 4.69) is 24.8 Å². The first-order chi connectivity index (χ1) is 5.95. The van der Waals surface area contributed by atoms with Gasteiger partial charge in [0.15, 0.2) is 0 Å². The molecule has 0 radical (unpaired) electrons.